The summed E-state index contributed by atoms with van der Waals surface area (Å²) in [4.78, 5) is 0. The second kappa shape index (κ2) is 5.11. The predicted octanol–water partition coefficient (Wildman–Crippen LogP) is 1.99. The van der Waals surface area contributed by atoms with Crippen LogP contribution in [-0.2, 0) is 0 Å². The largest absolute Gasteiger partial charge is 0.491 e. The maximum absolute atomic E-state index is 12.9. The minimum Gasteiger partial charge on any atom is -0.491 e. The van der Waals surface area contributed by atoms with Crippen LogP contribution >= 0.6 is 0 Å². The van der Waals surface area contributed by atoms with Crippen molar-refractivity contribution in [1.29, 1.82) is 5.26 Å². The zero-order chi connectivity index (χ0) is 12.3. The van der Waals surface area contributed by atoms with Crippen LogP contribution in [0.4, 0.5) is 8.78 Å². The maximum atomic E-state index is 12.9. The minimum absolute atomic E-state index is 0.123. The van der Waals surface area contributed by atoms with Crippen LogP contribution in [0.25, 0.3) is 0 Å². The number of ether oxygens (including phenoxy) is 1. The van der Waals surface area contributed by atoms with Crippen molar-refractivity contribution < 1.29 is 13.5 Å². The first kappa shape index (κ1) is 11.8. The van der Waals surface area contributed by atoms with Gasteiger partial charge in [0.15, 0.2) is 11.6 Å². The highest BCUT2D eigenvalue weighted by Gasteiger charge is 2.24. The van der Waals surface area contributed by atoms with Crippen molar-refractivity contribution in [3.8, 4) is 11.8 Å². The first-order valence-corrected chi connectivity index (χ1v) is 5.42. The van der Waals surface area contributed by atoms with Gasteiger partial charge >= 0.3 is 0 Å². The van der Waals surface area contributed by atoms with Gasteiger partial charge in [-0.2, -0.15) is 5.26 Å². The molecule has 1 fully saturated rings. The van der Waals surface area contributed by atoms with Gasteiger partial charge in [-0.05, 0) is 25.0 Å². The van der Waals surface area contributed by atoms with Gasteiger partial charge in [0.25, 0.3) is 0 Å². The first-order valence-electron chi connectivity index (χ1n) is 5.42. The van der Waals surface area contributed by atoms with Crippen molar-refractivity contribution in [3.63, 3.8) is 0 Å². The van der Waals surface area contributed by atoms with E-state index in [0.717, 1.165) is 25.0 Å². The van der Waals surface area contributed by atoms with Gasteiger partial charge in [0.05, 0.1) is 6.07 Å². The van der Waals surface area contributed by atoms with Gasteiger partial charge in [0.1, 0.15) is 18.4 Å². The van der Waals surface area contributed by atoms with Crippen LogP contribution in [0.3, 0.4) is 0 Å². The van der Waals surface area contributed by atoms with Crippen molar-refractivity contribution in [3.05, 3.63) is 29.8 Å². The summed E-state index contributed by atoms with van der Waals surface area (Å²) in [7, 11) is 0. The monoisotopic (exact) mass is 238 g/mol. The molecule has 0 aliphatic heterocycles. The molecule has 0 saturated heterocycles. The van der Waals surface area contributed by atoms with Crippen LogP contribution < -0.4 is 10.1 Å². The Morgan fingerprint density at radius 1 is 1.41 bits per heavy atom. The zero-order valence-corrected chi connectivity index (χ0v) is 9.12. The Labute approximate surface area is 98.0 Å². The molecule has 1 aliphatic carbocycles. The average molecular weight is 238 g/mol. The van der Waals surface area contributed by atoms with Crippen LogP contribution in [-0.4, -0.2) is 18.7 Å². The number of nitrogens with zero attached hydrogens (tertiary/aromatic N) is 1. The molecule has 1 saturated carbocycles. The molecule has 5 heteroatoms. The highest BCUT2D eigenvalue weighted by molar-refractivity contribution is 5.23. The third kappa shape index (κ3) is 3.40. The standard InChI is InChI=1S/C12H12F2N2O/c13-11-4-3-10(5-12(11)14)17-7-9(6-15)16-8-1-2-8/h3-5,8-9,16H,1-2,7H2. The summed E-state index contributed by atoms with van der Waals surface area (Å²) in [5, 5.41) is 11.9. The zero-order valence-electron chi connectivity index (χ0n) is 9.12. The summed E-state index contributed by atoms with van der Waals surface area (Å²) >= 11 is 0. The van der Waals surface area contributed by atoms with Crippen molar-refractivity contribution in [2.24, 2.45) is 0 Å². The molecular formula is C12H12F2N2O. The molecule has 0 radical (unpaired) electrons. The van der Waals surface area contributed by atoms with E-state index in [-0.39, 0.29) is 12.4 Å². The Hall–Kier alpha value is -1.67. The Kier molecular flexibility index (Phi) is 3.55. The molecule has 1 aromatic rings. The van der Waals surface area contributed by atoms with E-state index in [0.29, 0.717) is 6.04 Å². The van der Waals surface area contributed by atoms with Gasteiger partial charge in [-0.25, -0.2) is 8.78 Å². The van der Waals surface area contributed by atoms with Crippen LogP contribution in [0.1, 0.15) is 12.8 Å². The molecule has 17 heavy (non-hydrogen) atoms. The lowest BCUT2D eigenvalue weighted by molar-refractivity contribution is 0.286. The topological polar surface area (TPSA) is 45.0 Å². The van der Waals surface area contributed by atoms with E-state index in [1.165, 1.54) is 6.07 Å². The van der Waals surface area contributed by atoms with E-state index < -0.39 is 17.7 Å². The number of halogens is 2. The predicted molar refractivity (Wildman–Crippen MR) is 57.4 cm³/mol. The third-order valence-corrected chi connectivity index (χ3v) is 2.48. The van der Waals surface area contributed by atoms with Gasteiger partial charge in [0, 0.05) is 12.1 Å². The quantitative estimate of drug-likeness (QED) is 0.853. The molecule has 3 nitrogen and oxygen atoms in total. The molecule has 1 atom stereocenters. The van der Waals surface area contributed by atoms with Crippen molar-refractivity contribution in [2.45, 2.75) is 24.9 Å². The molecule has 1 N–H and O–H groups in total. The van der Waals surface area contributed by atoms with Gasteiger partial charge in [-0.15, -0.1) is 0 Å². The number of hydrogen-bond donors (Lipinski definition) is 1. The molecule has 90 valence electrons. The van der Waals surface area contributed by atoms with Gasteiger partial charge in [-0.3, -0.25) is 5.32 Å². The van der Waals surface area contributed by atoms with Crippen molar-refractivity contribution >= 4 is 0 Å². The molecule has 1 aromatic carbocycles. The van der Waals surface area contributed by atoms with Crippen LogP contribution in [0.15, 0.2) is 18.2 Å². The molecule has 0 bridgehead atoms. The molecule has 1 aliphatic rings. The molecule has 0 amide bonds. The SMILES string of the molecule is N#CC(COc1ccc(F)c(F)c1)NC1CC1. The van der Waals surface area contributed by atoms with Gasteiger partial charge in [-0.1, -0.05) is 0 Å². The molecule has 0 aromatic heterocycles. The molecule has 0 spiro atoms. The average Bonchev–Trinajstić information content (AvgIpc) is 3.12. The summed E-state index contributed by atoms with van der Waals surface area (Å²) < 4.78 is 30.8. The number of nitrogens with one attached hydrogen (secondary N) is 1. The van der Waals surface area contributed by atoms with E-state index >= 15 is 0 Å². The number of benzene rings is 1. The second-order valence-corrected chi connectivity index (χ2v) is 4.01. The summed E-state index contributed by atoms with van der Waals surface area (Å²) in [5.41, 5.74) is 0. The van der Waals surface area contributed by atoms with E-state index in [1.54, 1.807) is 0 Å². The summed E-state index contributed by atoms with van der Waals surface area (Å²) in [6, 6.07) is 5.35. The Balaban J connectivity index is 1.87. The smallest absolute Gasteiger partial charge is 0.162 e. The molecular weight excluding hydrogens is 226 g/mol. The third-order valence-electron chi connectivity index (χ3n) is 2.48. The van der Waals surface area contributed by atoms with Crippen molar-refractivity contribution in [2.75, 3.05) is 6.61 Å². The van der Waals surface area contributed by atoms with E-state index in [1.807, 2.05) is 0 Å². The highest BCUT2D eigenvalue weighted by Crippen LogP contribution is 2.20. The lowest BCUT2D eigenvalue weighted by Gasteiger charge is -2.12. The van der Waals surface area contributed by atoms with Gasteiger partial charge in [0.2, 0.25) is 0 Å². The fourth-order valence-electron chi connectivity index (χ4n) is 1.40. The van der Waals surface area contributed by atoms with E-state index in [9.17, 15) is 8.78 Å². The minimum atomic E-state index is -0.953. The second-order valence-electron chi connectivity index (χ2n) is 4.01. The fourth-order valence-corrected chi connectivity index (χ4v) is 1.40. The Bertz CT molecular complexity index is 441. The first-order chi connectivity index (χ1) is 8.19. The summed E-state index contributed by atoms with van der Waals surface area (Å²) in [6.45, 7) is 0.123. The normalized spacial score (nSPS) is 16.3. The van der Waals surface area contributed by atoms with Crippen molar-refractivity contribution in [1.82, 2.24) is 5.32 Å². The van der Waals surface area contributed by atoms with E-state index in [4.69, 9.17) is 10.00 Å². The van der Waals surface area contributed by atoms with E-state index in [2.05, 4.69) is 11.4 Å². The molecule has 1 unspecified atom stereocenters. The summed E-state index contributed by atoms with van der Waals surface area (Å²) in [5.74, 6) is -1.64. The molecule has 0 heterocycles. The van der Waals surface area contributed by atoms with Crippen LogP contribution in [0, 0.1) is 23.0 Å². The number of hydrogen-bond acceptors (Lipinski definition) is 3. The summed E-state index contributed by atoms with van der Waals surface area (Å²) in [6.07, 6.45) is 2.15. The lowest BCUT2D eigenvalue weighted by atomic mass is 10.3. The van der Waals surface area contributed by atoms with Crippen LogP contribution in [0.2, 0.25) is 0 Å². The van der Waals surface area contributed by atoms with Crippen LogP contribution in [0.5, 0.6) is 5.75 Å². The highest BCUT2D eigenvalue weighted by atomic mass is 19.2. The Morgan fingerprint density at radius 2 is 2.18 bits per heavy atom. The number of rotatable bonds is 5. The van der Waals surface area contributed by atoms with Gasteiger partial charge < -0.3 is 4.74 Å². The maximum Gasteiger partial charge on any atom is 0.162 e. The Morgan fingerprint density at radius 3 is 2.76 bits per heavy atom. The number of nitriles is 1. The molecule has 2 rings (SSSR count). The lowest BCUT2D eigenvalue weighted by Crippen LogP contribution is -2.34. The fraction of sp³-hybridized carbons (Fsp3) is 0.417.